The second-order valence-electron chi connectivity index (χ2n) is 4.18. The van der Waals surface area contributed by atoms with Crippen molar-refractivity contribution in [3.63, 3.8) is 0 Å². The molecule has 0 atom stereocenters. The molecule has 18 heavy (non-hydrogen) atoms. The summed E-state index contributed by atoms with van der Waals surface area (Å²) in [5.41, 5.74) is 1.42. The Morgan fingerprint density at radius 3 is 2.50 bits per heavy atom. The molecule has 2 nitrogen and oxygen atoms in total. The van der Waals surface area contributed by atoms with Crippen LogP contribution in [0.2, 0.25) is 0 Å². The van der Waals surface area contributed by atoms with Gasteiger partial charge in [0.2, 0.25) is 5.43 Å². The van der Waals surface area contributed by atoms with E-state index in [1.165, 1.54) is 11.3 Å². The molecule has 0 aliphatic rings. The average molecular weight is 252 g/mol. The predicted molar refractivity (Wildman–Crippen MR) is 75.4 cm³/mol. The van der Waals surface area contributed by atoms with E-state index in [9.17, 15) is 4.79 Å². The van der Waals surface area contributed by atoms with Crippen molar-refractivity contribution in [1.29, 1.82) is 0 Å². The maximum absolute atomic E-state index is 12.4. The van der Waals surface area contributed by atoms with Crippen LogP contribution in [0.3, 0.4) is 0 Å². The van der Waals surface area contributed by atoms with Crippen LogP contribution < -0.4 is 5.43 Å². The molecule has 0 N–H and O–H groups in total. The first-order valence-electron chi connectivity index (χ1n) is 5.68. The summed E-state index contributed by atoms with van der Waals surface area (Å²) in [7, 11) is 0. The highest BCUT2D eigenvalue weighted by Crippen LogP contribution is 2.33. The predicted octanol–water partition coefficient (Wildman–Crippen LogP) is 4.16. The molecule has 4 aromatic rings. The summed E-state index contributed by atoms with van der Waals surface area (Å²) in [4.78, 5) is 12.4. The number of rotatable bonds is 0. The van der Waals surface area contributed by atoms with Crippen LogP contribution in [0, 0.1) is 0 Å². The van der Waals surface area contributed by atoms with Gasteiger partial charge in [0.1, 0.15) is 10.3 Å². The fourth-order valence-electron chi connectivity index (χ4n) is 2.25. The average Bonchev–Trinajstić information content (AvgIpc) is 2.79. The fourth-order valence-corrected chi connectivity index (χ4v) is 3.33. The largest absolute Gasteiger partial charge is 0.454 e. The van der Waals surface area contributed by atoms with Gasteiger partial charge in [0.25, 0.3) is 0 Å². The second-order valence-corrected chi connectivity index (χ2v) is 5.24. The molecule has 3 heteroatoms. The van der Waals surface area contributed by atoms with Crippen LogP contribution in [-0.2, 0) is 0 Å². The third kappa shape index (κ3) is 1.19. The summed E-state index contributed by atoms with van der Waals surface area (Å²) in [5.74, 6) is 0. The first-order chi connectivity index (χ1) is 8.84. The van der Waals surface area contributed by atoms with Gasteiger partial charge in [-0.2, -0.15) is 0 Å². The van der Waals surface area contributed by atoms with Gasteiger partial charge in [-0.25, -0.2) is 0 Å². The molecule has 0 saturated heterocycles. The molecule has 0 aliphatic heterocycles. The van der Waals surface area contributed by atoms with Crippen LogP contribution in [0.1, 0.15) is 0 Å². The number of hydrogen-bond acceptors (Lipinski definition) is 3. The van der Waals surface area contributed by atoms with Gasteiger partial charge in [-0.05, 0) is 24.3 Å². The lowest BCUT2D eigenvalue weighted by Crippen LogP contribution is -1.98. The quantitative estimate of drug-likeness (QED) is 0.470. The van der Waals surface area contributed by atoms with Gasteiger partial charge in [0.15, 0.2) is 5.58 Å². The lowest BCUT2D eigenvalue weighted by Gasteiger charge is -1.96. The fraction of sp³-hybridized carbons (Fsp3) is 0. The monoisotopic (exact) mass is 252 g/mol. The number of fused-ring (bicyclic) bond motifs is 4. The molecule has 2 heterocycles. The zero-order valence-corrected chi connectivity index (χ0v) is 10.2. The molecule has 2 aromatic heterocycles. The Kier molecular flexibility index (Phi) is 1.88. The van der Waals surface area contributed by atoms with Crippen LogP contribution in [0.4, 0.5) is 0 Å². The summed E-state index contributed by atoms with van der Waals surface area (Å²) in [5, 5.41) is 1.66. The van der Waals surface area contributed by atoms with Crippen molar-refractivity contribution in [1.82, 2.24) is 0 Å². The smallest absolute Gasteiger partial charge is 0.210 e. The van der Waals surface area contributed by atoms with E-state index in [1.54, 1.807) is 0 Å². The van der Waals surface area contributed by atoms with E-state index in [4.69, 9.17) is 4.42 Å². The molecule has 0 spiro atoms. The van der Waals surface area contributed by atoms with Crippen LogP contribution in [0.15, 0.2) is 57.7 Å². The standard InChI is InChI=1S/C15H8O2S/c16-13-9-5-1-3-7-11(9)17-14-10-6-2-4-8-12(10)18-15(13)14/h1-8H. The van der Waals surface area contributed by atoms with Crippen LogP contribution in [0.5, 0.6) is 0 Å². The number of thiophene rings is 1. The molecule has 0 amide bonds. The number of benzene rings is 2. The van der Waals surface area contributed by atoms with Crippen LogP contribution in [-0.4, -0.2) is 0 Å². The first-order valence-corrected chi connectivity index (χ1v) is 6.49. The van der Waals surface area contributed by atoms with E-state index < -0.39 is 0 Å². The summed E-state index contributed by atoms with van der Waals surface area (Å²) in [6.45, 7) is 0. The summed E-state index contributed by atoms with van der Waals surface area (Å²) >= 11 is 1.50. The van der Waals surface area contributed by atoms with Gasteiger partial charge in [0, 0.05) is 10.1 Å². The minimum atomic E-state index is 0.0630. The molecule has 0 bridgehead atoms. The van der Waals surface area contributed by atoms with Gasteiger partial charge in [-0.15, -0.1) is 11.3 Å². The van der Waals surface area contributed by atoms with Crippen molar-refractivity contribution in [2.24, 2.45) is 0 Å². The zero-order chi connectivity index (χ0) is 12.1. The van der Waals surface area contributed by atoms with E-state index >= 15 is 0 Å². The molecule has 0 radical (unpaired) electrons. The van der Waals surface area contributed by atoms with Gasteiger partial charge >= 0.3 is 0 Å². The van der Waals surface area contributed by atoms with Gasteiger partial charge in [-0.3, -0.25) is 4.79 Å². The molecule has 0 saturated carbocycles. The molecule has 0 unspecified atom stereocenters. The van der Waals surface area contributed by atoms with Crippen molar-refractivity contribution in [2.75, 3.05) is 0 Å². The Labute approximate surface area is 106 Å². The second kappa shape index (κ2) is 3.43. The molecular weight excluding hydrogens is 244 g/mol. The molecule has 4 rings (SSSR count). The van der Waals surface area contributed by atoms with Gasteiger partial charge in [-0.1, -0.05) is 24.3 Å². The highest BCUT2D eigenvalue weighted by molar-refractivity contribution is 7.25. The van der Waals surface area contributed by atoms with E-state index in [2.05, 4.69) is 0 Å². The Morgan fingerprint density at radius 2 is 1.61 bits per heavy atom. The third-order valence-electron chi connectivity index (χ3n) is 3.10. The zero-order valence-electron chi connectivity index (χ0n) is 9.34. The maximum Gasteiger partial charge on any atom is 0.210 e. The van der Waals surface area contributed by atoms with Crippen molar-refractivity contribution in [2.45, 2.75) is 0 Å². The molecule has 86 valence electrons. The molecule has 0 fully saturated rings. The maximum atomic E-state index is 12.4. The normalized spacial score (nSPS) is 11.6. The lowest BCUT2D eigenvalue weighted by atomic mass is 10.2. The summed E-state index contributed by atoms with van der Waals surface area (Å²) in [6, 6.07) is 15.3. The highest BCUT2D eigenvalue weighted by atomic mass is 32.1. The third-order valence-corrected chi connectivity index (χ3v) is 4.25. The number of para-hydroxylation sites is 1. The van der Waals surface area contributed by atoms with Crippen molar-refractivity contribution < 1.29 is 4.42 Å². The molecular formula is C15H8O2S. The lowest BCUT2D eigenvalue weighted by molar-refractivity contribution is 0.665. The van der Waals surface area contributed by atoms with Crippen molar-refractivity contribution in [3.05, 3.63) is 58.8 Å². The van der Waals surface area contributed by atoms with Crippen LogP contribution in [0.25, 0.3) is 31.3 Å². The molecule has 0 aliphatic carbocycles. The SMILES string of the molecule is O=c1c2ccccc2oc2c1sc1ccccc12. The van der Waals surface area contributed by atoms with Crippen molar-refractivity contribution in [3.8, 4) is 0 Å². The van der Waals surface area contributed by atoms with Gasteiger partial charge < -0.3 is 4.42 Å². The minimum absolute atomic E-state index is 0.0630. The van der Waals surface area contributed by atoms with E-state index in [1.807, 2.05) is 48.5 Å². The van der Waals surface area contributed by atoms with E-state index in [-0.39, 0.29) is 5.43 Å². The van der Waals surface area contributed by atoms with E-state index in [0.717, 1.165) is 10.1 Å². The Bertz CT molecular complexity index is 947. The Morgan fingerprint density at radius 1 is 0.889 bits per heavy atom. The van der Waals surface area contributed by atoms with Crippen LogP contribution >= 0.6 is 11.3 Å². The Hall–Kier alpha value is -2.13. The Balaban J connectivity index is 2.38. The first kappa shape index (κ1) is 9.85. The summed E-state index contributed by atoms with van der Waals surface area (Å²) < 4.78 is 7.68. The molecule has 2 aromatic carbocycles. The van der Waals surface area contributed by atoms with E-state index in [0.29, 0.717) is 21.3 Å². The summed E-state index contributed by atoms with van der Waals surface area (Å²) in [6.07, 6.45) is 0. The highest BCUT2D eigenvalue weighted by Gasteiger charge is 2.12. The van der Waals surface area contributed by atoms with Crippen molar-refractivity contribution >= 4 is 42.7 Å². The number of hydrogen-bond donors (Lipinski definition) is 0. The minimum Gasteiger partial charge on any atom is -0.454 e. The van der Waals surface area contributed by atoms with Gasteiger partial charge in [0.05, 0.1) is 5.39 Å². The topological polar surface area (TPSA) is 30.2 Å².